The van der Waals surface area contributed by atoms with Crippen LogP contribution in [0.15, 0.2) is 30.6 Å². The van der Waals surface area contributed by atoms with E-state index in [0.717, 1.165) is 12.2 Å². The molecule has 0 aliphatic carbocycles. The molecule has 3 heterocycles. The number of hydrogen-bond acceptors (Lipinski definition) is 7. The predicted molar refractivity (Wildman–Crippen MR) is 103 cm³/mol. The van der Waals surface area contributed by atoms with Crippen LogP contribution in [0.4, 0.5) is 0 Å². The monoisotopic (exact) mass is 397 g/mol. The van der Waals surface area contributed by atoms with Gasteiger partial charge >= 0.3 is 5.97 Å². The lowest BCUT2D eigenvalue weighted by Crippen LogP contribution is -2.48. The van der Waals surface area contributed by atoms with Crippen molar-refractivity contribution in [1.29, 1.82) is 0 Å². The van der Waals surface area contributed by atoms with Crippen LogP contribution in [-0.4, -0.2) is 60.7 Å². The van der Waals surface area contributed by atoms with E-state index in [1.54, 1.807) is 12.0 Å². The average molecular weight is 397 g/mol. The Morgan fingerprint density at radius 3 is 2.48 bits per heavy atom. The molecule has 1 aromatic carbocycles. The maximum absolute atomic E-state index is 12.8. The van der Waals surface area contributed by atoms with Crippen molar-refractivity contribution in [1.82, 2.24) is 14.9 Å². The van der Waals surface area contributed by atoms with Crippen LogP contribution in [0.25, 0.3) is 0 Å². The van der Waals surface area contributed by atoms with Crippen LogP contribution >= 0.6 is 0 Å². The summed E-state index contributed by atoms with van der Waals surface area (Å²) >= 11 is 0. The van der Waals surface area contributed by atoms with E-state index >= 15 is 0 Å². The molecule has 1 saturated heterocycles. The molecule has 8 nitrogen and oxygen atoms in total. The maximum Gasteiger partial charge on any atom is 0.358 e. The van der Waals surface area contributed by atoms with Crippen molar-refractivity contribution in [3.05, 3.63) is 53.1 Å². The third-order valence-corrected chi connectivity index (χ3v) is 5.68. The van der Waals surface area contributed by atoms with E-state index in [1.807, 2.05) is 6.07 Å². The van der Waals surface area contributed by atoms with Crippen LogP contribution < -0.4 is 4.74 Å². The molecule has 4 rings (SSSR count). The Kier molecular flexibility index (Phi) is 5.19. The van der Waals surface area contributed by atoms with Crippen LogP contribution in [0.1, 0.15) is 44.9 Å². The van der Waals surface area contributed by atoms with Crippen molar-refractivity contribution < 1.29 is 23.8 Å². The maximum atomic E-state index is 12.8. The summed E-state index contributed by atoms with van der Waals surface area (Å²) in [7, 11) is 2.94. The second-order valence-corrected chi connectivity index (χ2v) is 7.19. The van der Waals surface area contributed by atoms with Crippen molar-refractivity contribution in [3.8, 4) is 5.75 Å². The lowest BCUT2D eigenvalue weighted by atomic mass is 9.79. The molecule has 1 aromatic heterocycles. The van der Waals surface area contributed by atoms with Gasteiger partial charge in [-0.1, -0.05) is 6.07 Å². The summed E-state index contributed by atoms with van der Waals surface area (Å²) in [5, 5.41) is 0. The van der Waals surface area contributed by atoms with Crippen LogP contribution in [0.5, 0.6) is 5.75 Å². The van der Waals surface area contributed by atoms with Crippen molar-refractivity contribution in [2.75, 3.05) is 33.9 Å². The number of aromatic nitrogens is 2. The summed E-state index contributed by atoms with van der Waals surface area (Å²) in [6.07, 6.45) is 4.87. The molecule has 152 valence electrons. The summed E-state index contributed by atoms with van der Waals surface area (Å²) in [5.74, 6) is 0.0677. The largest absolute Gasteiger partial charge is 0.497 e. The molecule has 0 unspecified atom stereocenters. The lowest BCUT2D eigenvalue weighted by molar-refractivity contribution is -0.0935. The summed E-state index contributed by atoms with van der Waals surface area (Å²) in [4.78, 5) is 34.1. The Morgan fingerprint density at radius 1 is 1.10 bits per heavy atom. The molecule has 8 heteroatoms. The average Bonchev–Trinajstić information content (AvgIpc) is 2.78. The molecular formula is C21H23N3O5. The van der Waals surface area contributed by atoms with E-state index in [2.05, 4.69) is 26.8 Å². The van der Waals surface area contributed by atoms with Gasteiger partial charge in [0, 0.05) is 13.1 Å². The van der Waals surface area contributed by atoms with Gasteiger partial charge in [-0.3, -0.25) is 4.79 Å². The highest BCUT2D eigenvalue weighted by Crippen LogP contribution is 2.42. The molecule has 0 bridgehead atoms. The van der Waals surface area contributed by atoms with Crippen LogP contribution in [0.3, 0.4) is 0 Å². The summed E-state index contributed by atoms with van der Waals surface area (Å²) in [5.41, 5.74) is 2.36. The minimum atomic E-state index is -0.582. The number of piperidine rings is 1. The SMILES string of the molecule is COC(=O)c1cnc(C(=O)N2CCC3(CC2)OCCc2cc(OC)ccc23)cn1. The lowest BCUT2D eigenvalue weighted by Gasteiger charge is -2.45. The Bertz CT molecular complexity index is 920. The van der Waals surface area contributed by atoms with Crippen LogP contribution in [0.2, 0.25) is 0 Å². The van der Waals surface area contributed by atoms with E-state index < -0.39 is 5.97 Å². The molecule has 2 aliphatic rings. The number of likely N-dealkylation sites (tertiary alicyclic amines) is 1. The highest BCUT2D eigenvalue weighted by atomic mass is 16.5. The molecule has 0 radical (unpaired) electrons. The molecule has 0 saturated carbocycles. The zero-order valence-corrected chi connectivity index (χ0v) is 16.5. The van der Waals surface area contributed by atoms with Gasteiger partial charge in [-0.2, -0.15) is 0 Å². The Balaban J connectivity index is 1.47. The van der Waals surface area contributed by atoms with E-state index in [9.17, 15) is 9.59 Å². The van der Waals surface area contributed by atoms with E-state index in [1.165, 1.54) is 30.6 Å². The molecule has 29 heavy (non-hydrogen) atoms. The van der Waals surface area contributed by atoms with Gasteiger partial charge in [0.1, 0.15) is 11.4 Å². The van der Waals surface area contributed by atoms with Gasteiger partial charge in [0.05, 0.1) is 38.8 Å². The quantitative estimate of drug-likeness (QED) is 0.732. The van der Waals surface area contributed by atoms with E-state index in [0.29, 0.717) is 32.5 Å². The van der Waals surface area contributed by atoms with Crippen molar-refractivity contribution in [2.24, 2.45) is 0 Å². The first-order valence-electron chi connectivity index (χ1n) is 9.57. The first kappa shape index (κ1) is 19.3. The third kappa shape index (κ3) is 3.55. The Morgan fingerprint density at radius 2 is 1.83 bits per heavy atom. The smallest absolute Gasteiger partial charge is 0.358 e. The molecule has 1 amide bonds. The van der Waals surface area contributed by atoms with Crippen LogP contribution in [-0.2, 0) is 21.5 Å². The van der Waals surface area contributed by atoms with Crippen LogP contribution in [0, 0.1) is 0 Å². The van der Waals surface area contributed by atoms with E-state index in [-0.39, 0.29) is 22.9 Å². The number of amides is 1. The topological polar surface area (TPSA) is 90.9 Å². The van der Waals surface area contributed by atoms with Gasteiger partial charge in [-0.25, -0.2) is 14.8 Å². The fourth-order valence-electron chi connectivity index (χ4n) is 4.08. The second-order valence-electron chi connectivity index (χ2n) is 7.19. The summed E-state index contributed by atoms with van der Waals surface area (Å²) in [6.45, 7) is 1.78. The minimum Gasteiger partial charge on any atom is -0.497 e. The number of benzene rings is 1. The van der Waals surface area contributed by atoms with Gasteiger partial charge in [0.15, 0.2) is 5.69 Å². The normalized spacial score (nSPS) is 17.5. The molecule has 0 atom stereocenters. The molecule has 2 aromatic rings. The van der Waals surface area contributed by atoms with Gasteiger partial charge < -0.3 is 19.1 Å². The number of nitrogens with zero attached hydrogens (tertiary/aromatic N) is 3. The standard InChI is InChI=1S/C21H23N3O5/c1-27-15-3-4-16-14(11-15)5-10-29-21(16)6-8-24(9-7-21)19(25)17-12-23-18(13-22-17)20(26)28-2/h3-4,11-13H,5-10H2,1-2H3. The number of ether oxygens (including phenoxy) is 3. The number of esters is 1. The Hall–Kier alpha value is -3.00. The predicted octanol–water partition coefficient (Wildman–Crippen LogP) is 1.98. The number of hydrogen-bond donors (Lipinski definition) is 0. The molecule has 0 N–H and O–H groups in total. The van der Waals surface area contributed by atoms with Crippen molar-refractivity contribution >= 4 is 11.9 Å². The fourth-order valence-corrected chi connectivity index (χ4v) is 4.08. The molecule has 2 aliphatic heterocycles. The number of rotatable bonds is 3. The third-order valence-electron chi connectivity index (χ3n) is 5.68. The number of methoxy groups -OCH3 is 2. The molecular weight excluding hydrogens is 374 g/mol. The zero-order chi connectivity index (χ0) is 20.4. The van der Waals surface area contributed by atoms with E-state index in [4.69, 9.17) is 9.47 Å². The van der Waals surface area contributed by atoms with Gasteiger partial charge in [-0.05, 0) is 42.5 Å². The minimum absolute atomic E-state index is 0.0734. The molecule has 1 fully saturated rings. The van der Waals surface area contributed by atoms with Gasteiger partial charge in [0.2, 0.25) is 0 Å². The number of carbonyl (C=O) groups excluding carboxylic acids is 2. The number of carbonyl (C=O) groups is 2. The molecule has 1 spiro atoms. The highest BCUT2D eigenvalue weighted by Gasteiger charge is 2.42. The van der Waals surface area contributed by atoms with Crippen molar-refractivity contribution in [2.45, 2.75) is 24.9 Å². The summed E-state index contributed by atoms with van der Waals surface area (Å²) in [6, 6.07) is 6.13. The van der Waals surface area contributed by atoms with Gasteiger partial charge in [0.25, 0.3) is 5.91 Å². The van der Waals surface area contributed by atoms with Gasteiger partial charge in [-0.15, -0.1) is 0 Å². The zero-order valence-electron chi connectivity index (χ0n) is 16.5. The number of fused-ring (bicyclic) bond motifs is 2. The van der Waals surface area contributed by atoms with Crippen molar-refractivity contribution in [3.63, 3.8) is 0 Å². The first-order valence-corrected chi connectivity index (χ1v) is 9.57. The summed E-state index contributed by atoms with van der Waals surface area (Å²) < 4.78 is 16.2. The highest BCUT2D eigenvalue weighted by molar-refractivity contribution is 5.93. The first-order chi connectivity index (χ1) is 14.1. The fraction of sp³-hybridized carbons (Fsp3) is 0.429. The second kappa shape index (κ2) is 7.79. The Labute approximate surface area is 168 Å².